The number of halogens is 2. The summed E-state index contributed by atoms with van der Waals surface area (Å²) in [5.41, 5.74) is 3.23. The van der Waals surface area contributed by atoms with Crippen LogP contribution in [0.15, 0.2) is 52.9 Å². The second-order valence-electron chi connectivity index (χ2n) is 8.36. The van der Waals surface area contributed by atoms with E-state index in [1.54, 1.807) is 24.3 Å². The topological polar surface area (TPSA) is 65.8 Å². The second-order valence-corrected chi connectivity index (χ2v) is 9.20. The Balaban J connectivity index is 1.49. The van der Waals surface area contributed by atoms with Gasteiger partial charge in [0.05, 0.1) is 11.4 Å². The number of hydrogen-bond donors (Lipinski definition) is 1. The Bertz CT molecular complexity index is 1200. The van der Waals surface area contributed by atoms with Crippen molar-refractivity contribution in [2.45, 2.75) is 26.7 Å². The first-order valence-corrected chi connectivity index (χ1v) is 12.1. The van der Waals surface area contributed by atoms with Crippen molar-refractivity contribution < 1.29 is 14.0 Å². The molecule has 0 bridgehead atoms. The van der Waals surface area contributed by atoms with Gasteiger partial charge in [0.15, 0.2) is 5.76 Å². The van der Waals surface area contributed by atoms with Crippen molar-refractivity contribution in [3.05, 3.63) is 69.9 Å². The van der Waals surface area contributed by atoms with E-state index in [2.05, 4.69) is 10.2 Å². The lowest BCUT2D eigenvalue weighted by Gasteiger charge is -2.37. The highest BCUT2D eigenvalue weighted by atomic mass is 35.5. The van der Waals surface area contributed by atoms with Crippen molar-refractivity contribution in [1.82, 2.24) is 4.90 Å². The summed E-state index contributed by atoms with van der Waals surface area (Å²) in [6.07, 6.45) is 1.42. The average molecular weight is 500 g/mol. The molecule has 0 radical (unpaired) electrons. The van der Waals surface area contributed by atoms with Crippen LogP contribution in [-0.2, 0) is 4.79 Å². The molecule has 3 aromatic rings. The van der Waals surface area contributed by atoms with Crippen LogP contribution in [0.3, 0.4) is 0 Å². The van der Waals surface area contributed by atoms with E-state index in [1.165, 1.54) is 0 Å². The van der Waals surface area contributed by atoms with E-state index in [4.69, 9.17) is 27.6 Å². The highest BCUT2D eigenvalue weighted by molar-refractivity contribution is 6.31. The van der Waals surface area contributed by atoms with Gasteiger partial charge >= 0.3 is 0 Å². The molecule has 2 aromatic carbocycles. The molecule has 1 aliphatic rings. The van der Waals surface area contributed by atoms with Crippen LogP contribution >= 0.6 is 23.2 Å². The molecule has 0 spiro atoms. The zero-order chi connectivity index (χ0) is 24.2. The van der Waals surface area contributed by atoms with E-state index in [0.717, 1.165) is 23.2 Å². The lowest BCUT2D eigenvalue weighted by Crippen LogP contribution is -2.48. The van der Waals surface area contributed by atoms with Gasteiger partial charge in [-0.2, -0.15) is 0 Å². The van der Waals surface area contributed by atoms with Crippen LogP contribution in [0.25, 0.3) is 11.3 Å². The smallest absolute Gasteiger partial charge is 0.291 e. The fourth-order valence-corrected chi connectivity index (χ4v) is 4.35. The Morgan fingerprint density at radius 3 is 2.47 bits per heavy atom. The number of benzene rings is 2. The molecule has 178 valence electrons. The molecule has 1 saturated heterocycles. The number of hydrogen-bond acceptors (Lipinski definition) is 4. The van der Waals surface area contributed by atoms with Crippen molar-refractivity contribution in [3.63, 3.8) is 0 Å². The summed E-state index contributed by atoms with van der Waals surface area (Å²) in [4.78, 5) is 29.3. The number of amides is 2. The minimum Gasteiger partial charge on any atom is -0.451 e. The molecule has 0 unspecified atom stereocenters. The number of anilines is 2. The zero-order valence-corrected chi connectivity index (χ0v) is 20.7. The van der Waals surface area contributed by atoms with Crippen LogP contribution in [0.2, 0.25) is 10.0 Å². The molecule has 8 heteroatoms. The second kappa shape index (κ2) is 10.5. The molecule has 2 heterocycles. The molecule has 0 aliphatic carbocycles. The predicted octanol–water partition coefficient (Wildman–Crippen LogP) is 6.26. The molecule has 1 fully saturated rings. The SMILES string of the molecule is CCCC(=O)N1CCN(c2ccc(Cl)cc2NC(=O)c2ccc(-c3ccc(C)c(Cl)c3)o2)CC1. The quantitative estimate of drug-likeness (QED) is 0.434. The standard InChI is InChI=1S/C26H27Cl2N3O3/c1-3-4-25(32)31-13-11-30(12-14-31)22-8-7-19(27)16-21(22)29-26(33)24-10-9-23(34-24)18-6-5-17(2)20(28)15-18/h5-10,15-16H,3-4,11-14H2,1-2H3,(H,29,33). The van der Waals surface area contributed by atoms with E-state index in [1.807, 2.05) is 43.0 Å². The third kappa shape index (κ3) is 5.40. The fraction of sp³-hybridized carbons (Fsp3) is 0.308. The number of nitrogens with zero attached hydrogens (tertiary/aromatic N) is 2. The van der Waals surface area contributed by atoms with Gasteiger partial charge in [-0.3, -0.25) is 9.59 Å². The van der Waals surface area contributed by atoms with E-state index in [-0.39, 0.29) is 17.6 Å². The Hall–Kier alpha value is -2.96. The number of piperazine rings is 1. The molecule has 4 rings (SSSR count). The van der Waals surface area contributed by atoms with Gasteiger partial charge in [0.25, 0.3) is 5.91 Å². The van der Waals surface area contributed by atoms with Crippen molar-refractivity contribution in [2.24, 2.45) is 0 Å². The molecule has 6 nitrogen and oxygen atoms in total. The number of nitrogens with one attached hydrogen (secondary N) is 1. The Morgan fingerprint density at radius 1 is 1.00 bits per heavy atom. The summed E-state index contributed by atoms with van der Waals surface area (Å²) in [7, 11) is 0. The van der Waals surface area contributed by atoms with Gasteiger partial charge in [-0.1, -0.05) is 42.3 Å². The lowest BCUT2D eigenvalue weighted by molar-refractivity contribution is -0.131. The molecule has 1 aromatic heterocycles. The summed E-state index contributed by atoms with van der Waals surface area (Å²) < 4.78 is 5.82. The first-order valence-electron chi connectivity index (χ1n) is 11.4. The zero-order valence-electron chi connectivity index (χ0n) is 19.2. The minimum absolute atomic E-state index is 0.188. The molecule has 2 amide bonds. The van der Waals surface area contributed by atoms with E-state index < -0.39 is 0 Å². The summed E-state index contributed by atoms with van der Waals surface area (Å²) >= 11 is 12.5. The normalized spacial score (nSPS) is 13.8. The van der Waals surface area contributed by atoms with Gasteiger partial charge in [-0.15, -0.1) is 0 Å². The summed E-state index contributed by atoms with van der Waals surface area (Å²) in [5, 5.41) is 4.10. The third-order valence-corrected chi connectivity index (χ3v) is 6.57. The maximum absolute atomic E-state index is 13.0. The van der Waals surface area contributed by atoms with Crippen LogP contribution in [0, 0.1) is 6.92 Å². The van der Waals surface area contributed by atoms with Crippen molar-refractivity contribution in [1.29, 1.82) is 0 Å². The molecule has 1 N–H and O–H groups in total. The van der Waals surface area contributed by atoms with Gasteiger partial charge in [0, 0.05) is 48.2 Å². The van der Waals surface area contributed by atoms with Crippen molar-refractivity contribution in [2.75, 3.05) is 36.4 Å². The maximum atomic E-state index is 13.0. The average Bonchev–Trinajstić information content (AvgIpc) is 3.32. The molecule has 1 aliphatic heterocycles. The Labute approximate surface area is 209 Å². The monoisotopic (exact) mass is 499 g/mol. The molecule has 0 saturated carbocycles. The highest BCUT2D eigenvalue weighted by Crippen LogP contribution is 2.32. The van der Waals surface area contributed by atoms with Crippen LogP contribution < -0.4 is 10.2 Å². The molecule has 34 heavy (non-hydrogen) atoms. The first-order chi connectivity index (χ1) is 16.4. The minimum atomic E-state index is -0.371. The van der Waals surface area contributed by atoms with Crippen molar-refractivity contribution >= 4 is 46.4 Å². The Kier molecular flexibility index (Phi) is 7.49. The van der Waals surface area contributed by atoms with Crippen LogP contribution in [0.5, 0.6) is 0 Å². The lowest BCUT2D eigenvalue weighted by atomic mass is 10.1. The van der Waals surface area contributed by atoms with Gasteiger partial charge in [0.1, 0.15) is 5.76 Å². The maximum Gasteiger partial charge on any atom is 0.291 e. The van der Waals surface area contributed by atoms with Crippen LogP contribution in [-0.4, -0.2) is 42.9 Å². The summed E-state index contributed by atoms with van der Waals surface area (Å²) in [5.74, 6) is 0.568. The summed E-state index contributed by atoms with van der Waals surface area (Å²) in [6, 6.07) is 14.4. The van der Waals surface area contributed by atoms with E-state index in [9.17, 15) is 9.59 Å². The van der Waals surface area contributed by atoms with Gasteiger partial charge in [-0.05, 0) is 55.3 Å². The molecule has 0 atom stereocenters. The third-order valence-electron chi connectivity index (χ3n) is 5.93. The Morgan fingerprint density at radius 2 is 1.76 bits per heavy atom. The number of carbonyl (C=O) groups excluding carboxylic acids is 2. The van der Waals surface area contributed by atoms with Gasteiger partial charge in [0.2, 0.25) is 5.91 Å². The van der Waals surface area contributed by atoms with Crippen molar-refractivity contribution in [3.8, 4) is 11.3 Å². The largest absolute Gasteiger partial charge is 0.451 e. The van der Waals surface area contributed by atoms with Crippen LogP contribution in [0.4, 0.5) is 11.4 Å². The van der Waals surface area contributed by atoms with Gasteiger partial charge < -0.3 is 19.5 Å². The highest BCUT2D eigenvalue weighted by Gasteiger charge is 2.23. The fourth-order valence-electron chi connectivity index (χ4n) is 4.00. The number of furan rings is 1. The van der Waals surface area contributed by atoms with E-state index in [0.29, 0.717) is 54.1 Å². The first kappa shape index (κ1) is 24.2. The molecular weight excluding hydrogens is 473 g/mol. The predicted molar refractivity (Wildman–Crippen MR) is 137 cm³/mol. The molecular formula is C26H27Cl2N3O3. The number of rotatable bonds is 6. The number of carbonyl (C=O) groups is 2. The van der Waals surface area contributed by atoms with Crippen LogP contribution in [0.1, 0.15) is 35.9 Å². The number of aryl methyl sites for hydroxylation is 1. The van der Waals surface area contributed by atoms with E-state index >= 15 is 0 Å². The van der Waals surface area contributed by atoms with Gasteiger partial charge in [-0.25, -0.2) is 0 Å². The summed E-state index contributed by atoms with van der Waals surface area (Å²) in [6.45, 7) is 6.59.